The molecule has 1 amide bonds. The minimum absolute atomic E-state index is 0.0762. The van der Waals surface area contributed by atoms with Crippen LogP contribution in [0, 0.1) is 5.41 Å². The number of halogens is 1. The van der Waals surface area contributed by atoms with Gasteiger partial charge in [-0.2, -0.15) is 5.10 Å². The topological polar surface area (TPSA) is 94.0 Å². The van der Waals surface area contributed by atoms with Crippen molar-refractivity contribution in [3.05, 3.63) is 6.20 Å². The average molecular weight is 415 g/mol. The zero-order valence-corrected chi connectivity index (χ0v) is 17.8. The summed E-state index contributed by atoms with van der Waals surface area (Å²) in [7, 11) is 1.66. The highest BCUT2D eigenvalue weighted by molar-refractivity contribution is 7.99. The molecule has 0 atom stereocenters. The molecular formula is C17H27ClN6O2S. The maximum atomic E-state index is 12.2. The molecule has 2 heterocycles. The summed E-state index contributed by atoms with van der Waals surface area (Å²) in [6.45, 7) is 7.88. The molecule has 0 aliphatic heterocycles. The highest BCUT2D eigenvalue weighted by Gasteiger charge is 2.26. The molecule has 10 heteroatoms. The number of fused-ring (bicyclic) bond motifs is 1. The van der Waals surface area contributed by atoms with Gasteiger partial charge in [0.25, 0.3) is 0 Å². The maximum absolute atomic E-state index is 12.2. The number of ether oxygens (including phenoxy) is 1. The zero-order valence-electron chi connectivity index (χ0n) is 16.2. The van der Waals surface area contributed by atoms with Crippen molar-refractivity contribution < 1.29 is 9.53 Å². The number of nitrogens with one attached hydrogen (secondary N) is 2. The summed E-state index contributed by atoms with van der Waals surface area (Å²) in [5, 5.41) is 12.1. The van der Waals surface area contributed by atoms with Crippen molar-refractivity contribution >= 4 is 46.1 Å². The first kappa shape index (κ1) is 21.7. The van der Waals surface area contributed by atoms with Crippen molar-refractivity contribution in [2.24, 2.45) is 5.41 Å². The number of nitrogens with zero attached hydrogens (tertiary/aromatic N) is 4. The number of carbonyl (C=O) groups excluding carboxylic acids is 1. The Hall–Kier alpha value is -1.58. The van der Waals surface area contributed by atoms with E-state index in [1.54, 1.807) is 29.8 Å². The predicted molar refractivity (Wildman–Crippen MR) is 110 cm³/mol. The van der Waals surface area contributed by atoms with Gasteiger partial charge < -0.3 is 15.4 Å². The van der Waals surface area contributed by atoms with Crippen molar-refractivity contribution in [2.75, 3.05) is 43.8 Å². The fraction of sp³-hybridized carbons (Fsp3) is 0.647. The summed E-state index contributed by atoms with van der Waals surface area (Å²) in [5.74, 6) is 1.81. The standard InChI is InChI=1S/C17H27ClN6O2S/c1-5-27-16-22-13(19-7-9-26-4)12-10-21-24(14(12)23-16)8-6-20-15(25)17(2,3)11-18/h10H,5-9,11H2,1-4H3,(H,20,25)(H,19,22,23). The van der Waals surface area contributed by atoms with Crippen LogP contribution in [0.4, 0.5) is 5.82 Å². The van der Waals surface area contributed by atoms with Gasteiger partial charge in [-0.15, -0.1) is 11.6 Å². The van der Waals surface area contributed by atoms with Gasteiger partial charge in [-0.05, 0) is 19.6 Å². The van der Waals surface area contributed by atoms with E-state index >= 15 is 0 Å². The van der Waals surface area contributed by atoms with Gasteiger partial charge in [-0.3, -0.25) is 4.79 Å². The molecule has 0 fully saturated rings. The van der Waals surface area contributed by atoms with Crippen LogP contribution in [0.15, 0.2) is 11.4 Å². The van der Waals surface area contributed by atoms with E-state index < -0.39 is 5.41 Å². The molecule has 2 rings (SSSR count). The van der Waals surface area contributed by atoms with Gasteiger partial charge in [-0.25, -0.2) is 14.6 Å². The number of thioether (sulfide) groups is 1. The summed E-state index contributed by atoms with van der Waals surface area (Å²) >= 11 is 7.42. The van der Waals surface area contributed by atoms with E-state index in [4.69, 9.17) is 16.3 Å². The second-order valence-corrected chi connectivity index (χ2v) is 8.08. The van der Waals surface area contributed by atoms with E-state index in [1.807, 2.05) is 13.8 Å². The molecule has 0 unspecified atom stereocenters. The average Bonchev–Trinajstić information content (AvgIpc) is 3.05. The molecular weight excluding hydrogens is 388 g/mol. The van der Waals surface area contributed by atoms with Crippen LogP contribution in [-0.2, 0) is 16.1 Å². The van der Waals surface area contributed by atoms with Crippen LogP contribution in [0.25, 0.3) is 11.0 Å². The number of alkyl halides is 1. The third-order valence-electron chi connectivity index (χ3n) is 3.91. The van der Waals surface area contributed by atoms with Gasteiger partial charge in [-0.1, -0.05) is 18.7 Å². The van der Waals surface area contributed by atoms with E-state index in [1.165, 1.54) is 0 Å². The molecule has 0 aromatic carbocycles. The third kappa shape index (κ3) is 5.70. The second kappa shape index (κ2) is 10.1. The van der Waals surface area contributed by atoms with E-state index in [2.05, 4.69) is 32.6 Å². The molecule has 0 spiro atoms. The number of anilines is 1. The normalized spacial score (nSPS) is 11.7. The van der Waals surface area contributed by atoms with E-state index in [-0.39, 0.29) is 11.8 Å². The van der Waals surface area contributed by atoms with Crippen molar-refractivity contribution in [3.63, 3.8) is 0 Å². The number of aromatic nitrogens is 4. The van der Waals surface area contributed by atoms with Crippen LogP contribution in [-0.4, -0.2) is 64.1 Å². The molecule has 0 aliphatic carbocycles. The van der Waals surface area contributed by atoms with Crippen molar-refractivity contribution in [1.82, 2.24) is 25.1 Å². The number of methoxy groups -OCH3 is 1. The molecule has 0 radical (unpaired) electrons. The minimum Gasteiger partial charge on any atom is -0.383 e. The van der Waals surface area contributed by atoms with Gasteiger partial charge in [0.15, 0.2) is 10.8 Å². The lowest BCUT2D eigenvalue weighted by molar-refractivity contribution is -0.128. The minimum atomic E-state index is -0.598. The van der Waals surface area contributed by atoms with Gasteiger partial charge >= 0.3 is 0 Å². The molecule has 27 heavy (non-hydrogen) atoms. The summed E-state index contributed by atoms with van der Waals surface area (Å²) in [4.78, 5) is 21.4. The number of amides is 1. The Morgan fingerprint density at radius 3 is 2.81 bits per heavy atom. The van der Waals surface area contributed by atoms with Crippen LogP contribution in [0.3, 0.4) is 0 Å². The van der Waals surface area contributed by atoms with Crippen LogP contribution < -0.4 is 10.6 Å². The summed E-state index contributed by atoms with van der Waals surface area (Å²) in [6, 6.07) is 0. The lowest BCUT2D eigenvalue weighted by Crippen LogP contribution is -2.39. The van der Waals surface area contributed by atoms with Crippen LogP contribution in [0.2, 0.25) is 0 Å². The lowest BCUT2D eigenvalue weighted by atomic mass is 9.95. The number of carbonyl (C=O) groups is 1. The number of rotatable bonds is 11. The molecule has 2 aromatic heterocycles. The van der Waals surface area contributed by atoms with E-state index in [0.717, 1.165) is 22.6 Å². The quantitative estimate of drug-likeness (QED) is 0.252. The molecule has 2 aromatic rings. The molecule has 0 bridgehead atoms. The van der Waals surface area contributed by atoms with Crippen molar-refractivity contribution in [1.29, 1.82) is 0 Å². The summed E-state index contributed by atoms with van der Waals surface area (Å²) < 4.78 is 6.87. The molecule has 2 N–H and O–H groups in total. The SMILES string of the molecule is CCSc1nc(NCCOC)c2cnn(CCNC(=O)C(C)(C)CCl)c2n1. The molecule has 0 aliphatic rings. The fourth-order valence-corrected chi connectivity index (χ4v) is 2.96. The Balaban J connectivity index is 2.16. The van der Waals surface area contributed by atoms with Gasteiger partial charge in [0.1, 0.15) is 5.82 Å². The van der Waals surface area contributed by atoms with Crippen LogP contribution >= 0.6 is 23.4 Å². The lowest BCUT2D eigenvalue weighted by Gasteiger charge is -2.20. The molecule has 150 valence electrons. The molecule has 0 saturated heterocycles. The van der Waals surface area contributed by atoms with Gasteiger partial charge in [0.05, 0.1) is 30.1 Å². The summed E-state index contributed by atoms with van der Waals surface area (Å²) in [6.07, 6.45) is 1.75. The second-order valence-electron chi connectivity index (χ2n) is 6.59. The first-order chi connectivity index (χ1) is 12.9. The Morgan fingerprint density at radius 1 is 1.37 bits per heavy atom. The smallest absolute Gasteiger partial charge is 0.226 e. The van der Waals surface area contributed by atoms with Crippen LogP contribution in [0.5, 0.6) is 0 Å². The number of hydrogen-bond acceptors (Lipinski definition) is 7. The Kier molecular flexibility index (Phi) is 8.12. The van der Waals surface area contributed by atoms with E-state index in [0.29, 0.717) is 31.4 Å². The largest absolute Gasteiger partial charge is 0.383 e. The monoisotopic (exact) mass is 414 g/mol. The highest BCUT2D eigenvalue weighted by Crippen LogP contribution is 2.24. The Labute approximate surface area is 168 Å². The van der Waals surface area contributed by atoms with Gasteiger partial charge in [0.2, 0.25) is 5.91 Å². The van der Waals surface area contributed by atoms with Crippen molar-refractivity contribution in [3.8, 4) is 0 Å². The number of hydrogen-bond donors (Lipinski definition) is 2. The molecule has 8 nitrogen and oxygen atoms in total. The third-order valence-corrected chi connectivity index (χ3v) is 5.30. The Bertz CT molecular complexity index is 767. The van der Waals surface area contributed by atoms with Gasteiger partial charge in [0, 0.05) is 26.1 Å². The highest BCUT2D eigenvalue weighted by atomic mass is 35.5. The fourth-order valence-electron chi connectivity index (χ4n) is 2.27. The van der Waals surface area contributed by atoms with Crippen LogP contribution in [0.1, 0.15) is 20.8 Å². The molecule has 0 saturated carbocycles. The first-order valence-electron chi connectivity index (χ1n) is 8.86. The maximum Gasteiger partial charge on any atom is 0.226 e. The van der Waals surface area contributed by atoms with Crippen molar-refractivity contribution in [2.45, 2.75) is 32.5 Å². The summed E-state index contributed by atoms with van der Waals surface area (Å²) in [5.41, 5.74) is 0.144. The van der Waals surface area contributed by atoms with E-state index in [9.17, 15) is 4.79 Å². The predicted octanol–water partition coefficient (Wildman–Crippen LogP) is 2.38. The first-order valence-corrected chi connectivity index (χ1v) is 10.4. The zero-order chi connectivity index (χ0) is 19.9. The Morgan fingerprint density at radius 2 is 2.15 bits per heavy atom.